The van der Waals surface area contributed by atoms with Crippen molar-refractivity contribution in [1.29, 1.82) is 0 Å². The monoisotopic (exact) mass is 434 g/mol. The average Bonchev–Trinajstić information content (AvgIpc) is 3.07. The topological polar surface area (TPSA) is 41.6 Å². The van der Waals surface area contributed by atoms with Crippen molar-refractivity contribution < 1.29 is 9.53 Å². The second-order valence-electron chi connectivity index (χ2n) is 8.26. The molecule has 2 amide bonds. The van der Waals surface area contributed by atoms with E-state index in [1.165, 1.54) is 20.9 Å². The van der Waals surface area contributed by atoms with E-state index in [4.69, 9.17) is 4.74 Å². The summed E-state index contributed by atoms with van der Waals surface area (Å²) >= 11 is 1.83. The Morgan fingerprint density at radius 1 is 1.13 bits per heavy atom. The highest BCUT2D eigenvalue weighted by Crippen LogP contribution is 2.43. The van der Waals surface area contributed by atoms with Crippen LogP contribution in [0.3, 0.4) is 0 Å². The Labute approximate surface area is 188 Å². The lowest BCUT2D eigenvalue weighted by molar-refractivity contribution is 0.195. The van der Waals surface area contributed by atoms with Gasteiger partial charge >= 0.3 is 6.03 Å². The summed E-state index contributed by atoms with van der Waals surface area (Å²) in [6.07, 6.45) is 1.93. The van der Waals surface area contributed by atoms with Crippen LogP contribution in [0, 0.1) is 20.8 Å². The number of anilines is 1. The molecule has 4 nitrogen and oxygen atoms in total. The Bertz CT molecular complexity index is 1080. The van der Waals surface area contributed by atoms with E-state index >= 15 is 0 Å². The summed E-state index contributed by atoms with van der Waals surface area (Å²) in [4.78, 5) is 18.1. The SMILES string of the molecule is CCc1c(C)sc2c1CCN(C(=O)Nc1cc(C)cc(C)c1)C2c1ccc(OC)cc1. The Kier molecular flexibility index (Phi) is 6.05. The van der Waals surface area contributed by atoms with Gasteiger partial charge in [-0.3, -0.25) is 0 Å². The zero-order chi connectivity index (χ0) is 22.1. The predicted octanol–water partition coefficient (Wildman–Crippen LogP) is 6.42. The first-order valence-corrected chi connectivity index (χ1v) is 11.6. The van der Waals surface area contributed by atoms with Gasteiger partial charge in [-0.2, -0.15) is 0 Å². The third kappa shape index (κ3) is 4.19. The Morgan fingerprint density at radius 2 is 1.81 bits per heavy atom. The third-order valence-corrected chi connectivity index (χ3v) is 7.27. The highest BCUT2D eigenvalue weighted by atomic mass is 32.1. The molecule has 0 bridgehead atoms. The number of rotatable bonds is 4. The summed E-state index contributed by atoms with van der Waals surface area (Å²) in [5.74, 6) is 0.822. The molecule has 0 aliphatic carbocycles. The number of nitrogens with zero attached hydrogens (tertiary/aromatic N) is 1. The molecule has 5 heteroatoms. The van der Waals surface area contributed by atoms with E-state index in [0.717, 1.165) is 41.0 Å². The number of thiophene rings is 1. The van der Waals surface area contributed by atoms with Crippen molar-refractivity contribution >= 4 is 23.1 Å². The molecule has 4 rings (SSSR count). The number of amides is 2. The number of nitrogens with one attached hydrogen (secondary N) is 1. The molecule has 0 saturated heterocycles. The first kappa shape index (κ1) is 21.4. The lowest BCUT2D eigenvalue weighted by Crippen LogP contribution is -2.42. The minimum atomic E-state index is -0.0930. The molecule has 1 aromatic heterocycles. The molecule has 0 spiro atoms. The number of fused-ring (bicyclic) bond motifs is 1. The fourth-order valence-corrected chi connectivity index (χ4v) is 6.13. The van der Waals surface area contributed by atoms with Crippen LogP contribution in [-0.2, 0) is 12.8 Å². The van der Waals surface area contributed by atoms with E-state index in [0.29, 0.717) is 6.54 Å². The molecule has 1 N–H and O–H groups in total. The van der Waals surface area contributed by atoms with Gasteiger partial charge in [0.25, 0.3) is 0 Å². The second kappa shape index (κ2) is 8.75. The van der Waals surface area contributed by atoms with Gasteiger partial charge in [0.15, 0.2) is 0 Å². The summed E-state index contributed by atoms with van der Waals surface area (Å²) in [7, 11) is 1.67. The maximum absolute atomic E-state index is 13.5. The summed E-state index contributed by atoms with van der Waals surface area (Å²) in [6.45, 7) is 9.22. The molecule has 1 atom stereocenters. The van der Waals surface area contributed by atoms with Gasteiger partial charge in [0.05, 0.1) is 13.2 Å². The van der Waals surface area contributed by atoms with E-state index in [1.807, 2.05) is 40.5 Å². The molecule has 0 saturated carbocycles. The van der Waals surface area contributed by atoms with E-state index in [-0.39, 0.29) is 12.1 Å². The smallest absolute Gasteiger partial charge is 0.322 e. The minimum Gasteiger partial charge on any atom is -0.497 e. The Hall–Kier alpha value is -2.79. The predicted molar refractivity (Wildman–Crippen MR) is 129 cm³/mol. The van der Waals surface area contributed by atoms with Gasteiger partial charge in [-0.25, -0.2) is 4.79 Å². The summed E-state index contributed by atoms with van der Waals surface area (Å²) in [5, 5.41) is 3.15. The van der Waals surface area contributed by atoms with Gasteiger partial charge in [-0.05, 0) is 85.7 Å². The van der Waals surface area contributed by atoms with Crippen LogP contribution in [0.2, 0.25) is 0 Å². The van der Waals surface area contributed by atoms with Gasteiger partial charge in [0.2, 0.25) is 0 Å². The molecule has 3 aromatic rings. The number of aryl methyl sites for hydroxylation is 3. The zero-order valence-electron chi connectivity index (χ0n) is 18.9. The van der Waals surface area contributed by atoms with Crippen LogP contribution in [0.5, 0.6) is 5.75 Å². The number of urea groups is 1. The largest absolute Gasteiger partial charge is 0.497 e. The van der Waals surface area contributed by atoms with Crippen LogP contribution < -0.4 is 10.1 Å². The first-order valence-electron chi connectivity index (χ1n) is 10.8. The maximum Gasteiger partial charge on any atom is 0.322 e. The van der Waals surface area contributed by atoms with Crippen LogP contribution >= 0.6 is 11.3 Å². The van der Waals surface area contributed by atoms with Gasteiger partial charge in [-0.15, -0.1) is 11.3 Å². The van der Waals surface area contributed by atoms with E-state index in [2.05, 4.69) is 51.2 Å². The number of carbonyl (C=O) groups is 1. The van der Waals surface area contributed by atoms with Crippen molar-refractivity contribution in [3.8, 4) is 5.75 Å². The molecule has 2 aromatic carbocycles. The van der Waals surface area contributed by atoms with Crippen LogP contribution in [0.15, 0.2) is 42.5 Å². The standard InChI is InChI=1S/C26H30N2O2S/c1-6-22-18(4)31-25-23(22)11-12-28(24(25)19-7-9-21(30-5)10-8-19)26(29)27-20-14-16(2)13-17(3)15-20/h7-10,13-15,24H,6,11-12H2,1-5H3,(H,27,29). The maximum atomic E-state index is 13.5. The lowest BCUT2D eigenvalue weighted by Gasteiger charge is -2.36. The number of ether oxygens (including phenoxy) is 1. The van der Waals surface area contributed by atoms with Crippen LogP contribution in [0.4, 0.5) is 10.5 Å². The fraction of sp³-hybridized carbons (Fsp3) is 0.346. The summed E-state index contributed by atoms with van der Waals surface area (Å²) < 4.78 is 5.35. The summed E-state index contributed by atoms with van der Waals surface area (Å²) in [6, 6.07) is 14.1. The third-order valence-electron chi connectivity index (χ3n) is 6.03. The van der Waals surface area contributed by atoms with Crippen LogP contribution in [0.1, 0.15) is 50.5 Å². The molecule has 162 valence electrons. The van der Waals surface area contributed by atoms with Gasteiger partial charge in [0.1, 0.15) is 5.75 Å². The molecule has 1 aliphatic rings. The number of hydrogen-bond donors (Lipinski definition) is 1. The molecular weight excluding hydrogens is 404 g/mol. The molecule has 1 unspecified atom stereocenters. The number of hydrogen-bond acceptors (Lipinski definition) is 3. The quantitative estimate of drug-likeness (QED) is 0.514. The van der Waals surface area contributed by atoms with Gasteiger partial charge < -0.3 is 15.0 Å². The average molecular weight is 435 g/mol. The number of methoxy groups -OCH3 is 1. The van der Waals surface area contributed by atoms with Crippen molar-refractivity contribution in [2.75, 3.05) is 19.0 Å². The van der Waals surface area contributed by atoms with E-state index in [9.17, 15) is 4.79 Å². The van der Waals surface area contributed by atoms with Crippen LogP contribution in [-0.4, -0.2) is 24.6 Å². The highest BCUT2D eigenvalue weighted by Gasteiger charge is 2.35. The molecule has 2 heterocycles. The molecule has 31 heavy (non-hydrogen) atoms. The van der Waals surface area contributed by atoms with Crippen molar-refractivity contribution in [1.82, 2.24) is 4.90 Å². The summed E-state index contributed by atoms with van der Waals surface area (Å²) in [5.41, 5.74) is 7.13. The van der Waals surface area contributed by atoms with Crippen molar-refractivity contribution in [2.45, 2.75) is 46.6 Å². The van der Waals surface area contributed by atoms with Gasteiger partial charge in [-0.1, -0.05) is 25.1 Å². The van der Waals surface area contributed by atoms with Crippen molar-refractivity contribution in [3.63, 3.8) is 0 Å². The first-order chi connectivity index (χ1) is 14.9. The fourth-order valence-electron chi connectivity index (χ4n) is 4.69. The lowest BCUT2D eigenvalue weighted by atomic mass is 9.92. The Balaban J connectivity index is 1.73. The second-order valence-corrected chi connectivity index (χ2v) is 9.52. The van der Waals surface area contributed by atoms with E-state index < -0.39 is 0 Å². The van der Waals surface area contributed by atoms with Gasteiger partial charge in [0, 0.05) is 22.0 Å². The Morgan fingerprint density at radius 3 is 2.42 bits per heavy atom. The van der Waals surface area contributed by atoms with Crippen LogP contribution in [0.25, 0.3) is 0 Å². The highest BCUT2D eigenvalue weighted by molar-refractivity contribution is 7.12. The zero-order valence-corrected chi connectivity index (χ0v) is 19.7. The number of benzene rings is 2. The van der Waals surface area contributed by atoms with Crippen molar-refractivity contribution in [2.24, 2.45) is 0 Å². The molecule has 0 fully saturated rings. The molecular formula is C26H30N2O2S. The molecule has 0 radical (unpaired) electrons. The van der Waals surface area contributed by atoms with Crippen molar-refractivity contribution in [3.05, 3.63) is 80.0 Å². The normalized spacial score (nSPS) is 15.5. The minimum absolute atomic E-state index is 0.0550. The van der Waals surface area contributed by atoms with E-state index in [1.54, 1.807) is 7.11 Å². The molecule has 1 aliphatic heterocycles. The number of carbonyl (C=O) groups excluding carboxylic acids is 1.